The molecule has 0 atom stereocenters. The molecule has 0 amide bonds. The summed E-state index contributed by atoms with van der Waals surface area (Å²) in [5.74, 6) is -0.474. The number of nitrogens with one attached hydrogen (secondary N) is 2. The molecular formula is C27H21FN6O2S. The van der Waals surface area contributed by atoms with Crippen molar-refractivity contribution in [1.82, 2.24) is 30.1 Å². The fraction of sp³-hybridized carbons (Fsp3) is 0.111. The maximum atomic E-state index is 14.5. The van der Waals surface area contributed by atoms with Crippen molar-refractivity contribution >= 4 is 31.6 Å². The van der Waals surface area contributed by atoms with Gasteiger partial charge in [-0.05, 0) is 53.9 Å². The summed E-state index contributed by atoms with van der Waals surface area (Å²) < 4.78 is 37.7. The Bertz CT molecular complexity index is 1880. The molecule has 0 aliphatic heterocycles. The Labute approximate surface area is 211 Å². The molecule has 5 heterocycles. The second-order valence-electron chi connectivity index (χ2n) is 8.98. The molecule has 0 aliphatic rings. The molecule has 6 rings (SSSR count). The molecule has 0 bridgehead atoms. The van der Waals surface area contributed by atoms with E-state index < -0.39 is 15.7 Å². The monoisotopic (exact) mass is 512 g/mol. The topological polar surface area (TPSA) is 117 Å². The third-order valence-corrected chi connectivity index (χ3v) is 7.20. The first-order chi connectivity index (χ1) is 17.8. The highest BCUT2D eigenvalue weighted by Crippen LogP contribution is 2.35. The van der Waals surface area contributed by atoms with Crippen LogP contribution in [0, 0.1) is 5.82 Å². The molecule has 0 saturated carbocycles. The number of nitrogens with zero attached hydrogens (tertiary/aromatic N) is 4. The Balaban J connectivity index is 1.44. The molecule has 0 saturated heterocycles. The average Bonchev–Trinajstić information content (AvgIpc) is 3.51. The molecule has 10 heteroatoms. The van der Waals surface area contributed by atoms with Crippen LogP contribution in [0.4, 0.5) is 4.39 Å². The number of hydrogen-bond donors (Lipinski definition) is 2. The summed E-state index contributed by atoms with van der Waals surface area (Å²) in [6, 6.07) is 12.4. The second-order valence-corrected chi connectivity index (χ2v) is 11.2. The molecule has 5 aromatic heterocycles. The van der Waals surface area contributed by atoms with Gasteiger partial charge in [0.15, 0.2) is 0 Å². The lowest BCUT2D eigenvalue weighted by molar-refractivity contribution is 0.600. The van der Waals surface area contributed by atoms with Crippen LogP contribution in [0.5, 0.6) is 0 Å². The van der Waals surface area contributed by atoms with Gasteiger partial charge in [-0.2, -0.15) is 5.10 Å². The van der Waals surface area contributed by atoms with E-state index in [2.05, 4.69) is 30.1 Å². The fourth-order valence-electron chi connectivity index (χ4n) is 4.46. The quantitative estimate of drug-likeness (QED) is 0.326. The number of sulfone groups is 1. The molecule has 184 valence electrons. The van der Waals surface area contributed by atoms with Crippen LogP contribution in [0.3, 0.4) is 0 Å². The van der Waals surface area contributed by atoms with Crippen molar-refractivity contribution < 1.29 is 12.8 Å². The molecule has 0 radical (unpaired) electrons. The summed E-state index contributed by atoms with van der Waals surface area (Å²) in [5.41, 5.74) is 6.80. The van der Waals surface area contributed by atoms with Gasteiger partial charge in [0, 0.05) is 46.7 Å². The van der Waals surface area contributed by atoms with E-state index in [0.29, 0.717) is 11.1 Å². The van der Waals surface area contributed by atoms with Crippen molar-refractivity contribution in [2.45, 2.75) is 6.42 Å². The van der Waals surface area contributed by atoms with Gasteiger partial charge in [0.2, 0.25) is 0 Å². The minimum absolute atomic E-state index is 0.0464. The number of fused-ring (bicyclic) bond motifs is 2. The Morgan fingerprint density at radius 2 is 1.73 bits per heavy atom. The number of halogens is 1. The van der Waals surface area contributed by atoms with Gasteiger partial charge in [-0.1, -0.05) is 6.07 Å². The number of rotatable bonds is 6. The lowest BCUT2D eigenvalue weighted by Gasteiger charge is -2.07. The van der Waals surface area contributed by atoms with Crippen LogP contribution < -0.4 is 0 Å². The number of aryl methyl sites for hydroxylation is 1. The maximum Gasteiger partial charge on any atom is 0.147 e. The van der Waals surface area contributed by atoms with Crippen LogP contribution in [-0.4, -0.2) is 50.6 Å². The molecule has 1 aromatic carbocycles. The lowest BCUT2D eigenvalue weighted by Crippen LogP contribution is -2.06. The van der Waals surface area contributed by atoms with Crippen LogP contribution in [0.1, 0.15) is 5.56 Å². The van der Waals surface area contributed by atoms with Crippen molar-refractivity contribution in [3.8, 4) is 33.8 Å². The second kappa shape index (κ2) is 8.90. The largest absolute Gasteiger partial charge is 0.352 e. The molecule has 0 aliphatic carbocycles. The SMILES string of the molecule is CS(=O)(=O)CCc1cc(F)cc(-c2cncc3[nH]c(-c4n[nH]c5cnc(-c6ccncc6)cc45)cc23)c1. The van der Waals surface area contributed by atoms with Crippen molar-refractivity contribution in [1.29, 1.82) is 0 Å². The van der Waals surface area contributed by atoms with Crippen LogP contribution in [0.2, 0.25) is 0 Å². The number of hydrogen-bond acceptors (Lipinski definition) is 6. The van der Waals surface area contributed by atoms with Gasteiger partial charge in [0.25, 0.3) is 0 Å². The van der Waals surface area contributed by atoms with Gasteiger partial charge in [0.1, 0.15) is 21.3 Å². The van der Waals surface area contributed by atoms with E-state index in [4.69, 9.17) is 0 Å². The first-order valence-electron chi connectivity index (χ1n) is 11.5. The van der Waals surface area contributed by atoms with E-state index in [1.807, 2.05) is 30.3 Å². The third kappa shape index (κ3) is 4.58. The lowest BCUT2D eigenvalue weighted by atomic mass is 10.0. The van der Waals surface area contributed by atoms with Crippen LogP contribution in [0.25, 0.3) is 55.6 Å². The smallest absolute Gasteiger partial charge is 0.147 e. The molecule has 37 heavy (non-hydrogen) atoms. The Morgan fingerprint density at radius 1 is 0.892 bits per heavy atom. The highest BCUT2D eigenvalue weighted by atomic mass is 32.2. The van der Waals surface area contributed by atoms with Gasteiger partial charge in [-0.15, -0.1) is 0 Å². The molecule has 0 unspecified atom stereocenters. The van der Waals surface area contributed by atoms with Crippen molar-refractivity contribution in [2.24, 2.45) is 0 Å². The van der Waals surface area contributed by atoms with Crippen molar-refractivity contribution in [3.63, 3.8) is 0 Å². The summed E-state index contributed by atoms with van der Waals surface area (Å²) in [7, 11) is -3.17. The van der Waals surface area contributed by atoms with Gasteiger partial charge >= 0.3 is 0 Å². The summed E-state index contributed by atoms with van der Waals surface area (Å²) in [6.07, 6.45) is 10.0. The first-order valence-corrected chi connectivity index (χ1v) is 13.6. The van der Waals surface area contributed by atoms with Crippen LogP contribution in [0.15, 0.2) is 73.4 Å². The Kier molecular flexibility index (Phi) is 5.53. The molecular weight excluding hydrogens is 491 g/mol. The molecule has 8 nitrogen and oxygen atoms in total. The normalized spacial score (nSPS) is 11.9. The first kappa shape index (κ1) is 23.0. The van der Waals surface area contributed by atoms with E-state index in [1.54, 1.807) is 31.0 Å². The van der Waals surface area contributed by atoms with Crippen molar-refractivity contribution in [2.75, 3.05) is 12.0 Å². The highest BCUT2D eigenvalue weighted by molar-refractivity contribution is 7.90. The number of H-pyrrole nitrogens is 2. The van der Waals surface area contributed by atoms with Gasteiger partial charge < -0.3 is 4.98 Å². The Hall–Kier alpha value is -4.44. The zero-order valence-corrected chi connectivity index (χ0v) is 20.6. The number of pyridine rings is 3. The minimum Gasteiger partial charge on any atom is -0.352 e. The number of aromatic nitrogens is 6. The van der Waals surface area contributed by atoms with Crippen LogP contribution >= 0.6 is 0 Å². The predicted octanol–water partition coefficient (Wildman–Crippen LogP) is 4.96. The van der Waals surface area contributed by atoms with Gasteiger partial charge in [-0.3, -0.25) is 20.1 Å². The van der Waals surface area contributed by atoms with Crippen molar-refractivity contribution in [3.05, 3.63) is 84.8 Å². The van der Waals surface area contributed by atoms with E-state index in [0.717, 1.165) is 50.0 Å². The molecule has 2 N–H and O–H groups in total. The van der Waals surface area contributed by atoms with E-state index in [-0.39, 0.29) is 12.2 Å². The third-order valence-electron chi connectivity index (χ3n) is 6.25. The summed E-state index contributed by atoms with van der Waals surface area (Å²) in [5, 5.41) is 9.32. The summed E-state index contributed by atoms with van der Waals surface area (Å²) in [4.78, 5) is 16.3. The number of aromatic amines is 2. The number of benzene rings is 1. The fourth-order valence-corrected chi connectivity index (χ4v) is 5.07. The highest BCUT2D eigenvalue weighted by Gasteiger charge is 2.16. The molecule has 6 aromatic rings. The maximum absolute atomic E-state index is 14.5. The van der Waals surface area contributed by atoms with Gasteiger partial charge in [-0.25, -0.2) is 12.8 Å². The van der Waals surface area contributed by atoms with E-state index in [1.165, 1.54) is 18.4 Å². The summed E-state index contributed by atoms with van der Waals surface area (Å²) in [6.45, 7) is 0. The van der Waals surface area contributed by atoms with Crippen LogP contribution in [-0.2, 0) is 16.3 Å². The van der Waals surface area contributed by atoms with E-state index >= 15 is 0 Å². The zero-order chi connectivity index (χ0) is 25.6. The van der Waals surface area contributed by atoms with E-state index in [9.17, 15) is 12.8 Å². The Morgan fingerprint density at radius 3 is 2.54 bits per heavy atom. The van der Waals surface area contributed by atoms with Gasteiger partial charge in [0.05, 0.1) is 40.6 Å². The standard InChI is InChI=1S/C27H21FN6O2S/c1-37(35,36)7-4-16-8-18(10-19(28)9-16)22-13-30-14-25-20(22)11-24(32-25)27-21-12-23(17-2-5-29-6-3-17)31-15-26(21)33-34-27/h2-3,5-6,8-15,32H,4,7H2,1H3,(H,33,34). The summed E-state index contributed by atoms with van der Waals surface area (Å²) >= 11 is 0. The molecule has 0 spiro atoms. The minimum atomic E-state index is -3.17. The predicted molar refractivity (Wildman–Crippen MR) is 141 cm³/mol. The molecule has 0 fully saturated rings. The average molecular weight is 513 g/mol. The zero-order valence-electron chi connectivity index (χ0n) is 19.7.